The number of aromatic nitrogens is 3. The summed E-state index contributed by atoms with van der Waals surface area (Å²) in [4.78, 5) is 16.3. The molecule has 0 aliphatic rings. The topological polar surface area (TPSA) is 109 Å². The molecule has 0 radical (unpaired) electrons. The summed E-state index contributed by atoms with van der Waals surface area (Å²) in [6.45, 7) is 1.90. The summed E-state index contributed by atoms with van der Waals surface area (Å²) >= 11 is 1.16. The zero-order valence-electron chi connectivity index (χ0n) is 14.8. The summed E-state index contributed by atoms with van der Waals surface area (Å²) < 4.78 is 10.6. The first-order chi connectivity index (χ1) is 13.0. The van der Waals surface area contributed by atoms with Crippen molar-refractivity contribution in [3.05, 3.63) is 34.2 Å². The summed E-state index contributed by atoms with van der Waals surface area (Å²) in [5.74, 6) is 0.646. The van der Waals surface area contributed by atoms with Gasteiger partial charge in [0.05, 0.1) is 19.7 Å². The third-order valence-electron chi connectivity index (χ3n) is 4.27. The van der Waals surface area contributed by atoms with Crippen molar-refractivity contribution in [3.63, 3.8) is 0 Å². The molecule has 0 amide bonds. The van der Waals surface area contributed by atoms with E-state index in [-0.39, 0.29) is 4.88 Å². The maximum Gasteiger partial charge on any atom is 0.348 e. The minimum absolute atomic E-state index is 0.197. The Morgan fingerprint density at radius 3 is 2.70 bits per heavy atom. The van der Waals surface area contributed by atoms with Crippen LogP contribution in [0.25, 0.3) is 21.8 Å². The Kier molecular flexibility index (Phi) is 4.08. The molecule has 4 rings (SSSR count). The van der Waals surface area contributed by atoms with Crippen LogP contribution in [0.5, 0.6) is 11.5 Å². The van der Waals surface area contributed by atoms with Crippen LogP contribution in [0.3, 0.4) is 0 Å². The van der Waals surface area contributed by atoms with Crippen molar-refractivity contribution >= 4 is 50.6 Å². The highest BCUT2D eigenvalue weighted by atomic mass is 32.1. The van der Waals surface area contributed by atoms with Crippen LogP contribution in [0.15, 0.2) is 23.6 Å². The van der Waals surface area contributed by atoms with Gasteiger partial charge in [-0.2, -0.15) is 5.10 Å². The molecular weight excluding hydrogens is 368 g/mol. The van der Waals surface area contributed by atoms with Crippen molar-refractivity contribution in [1.82, 2.24) is 15.2 Å². The highest BCUT2D eigenvalue weighted by molar-refractivity contribution is 7.13. The van der Waals surface area contributed by atoms with Crippen LogP contribution in [-0.2, 0) is 0 Å². The monoisotopic (exact) mass is 384 g/mol. The lowest BCUT2D eigenvalue weighted by atomic mass is 10.1. The average molecular weight is 384 g/mol. The van der Waals surface area contributed by atoms with Crippen LogP contribution >= 0.6 is 11.3 Å². The molecule has 0 aliphatic heterocycles. The SMILES string of the molecule is COc1ccc(Nc2nc3c(C(=O)O)scc3c3c(C)[nH]nc23)cc1OC. The number of nitrogens with one attached hydrogen (secondary N) is 2. The van der Waals surface area contributed by atoms with Crippen molar-refractivity contribution < 1.29 is 19.4 Å². The van der Waals surface area contributed by atoms with Gasteiger partial charge in [0.25, 0.3) is 0 Å². The van der Waals surface area contributed by atoms with E-state index < -0.39 is 5.97 Å². The smallest absolute Gasteiger partial charge is 0.348 e. The maximum atomic E-state index is 11.6. The molecule has 1 aromatic carbocycles. The van der Waals surface area contributed by atoms with Gasteiger partial charge in [-0.05, 0) is 19.1 Å². The molecule has 0 aliphatic carbocycles. The summed E-state index contributed by atoms with van der Waals surface area (Å²) in [5, 5.41) is 23.4. The normalized spacial score (nSPS) is 11.1. The quantitative estimate of drug-likeness (QED) is 0.478. The Balaban J connectivity index is 1.90. The number of anilines is 2. The second kappa shape index (κ2) is 6.44. The summed E-state index contributed by atoms with van der Waals surface area (Å²) in [6, 6.07) is 5.38. The van der Waals surface area contributed by atoms with Gasteiger partial charge in [0, 0.05) is 33.6 Å². The highest BCUT2D eigenvalue weighted by Crippen LogP contribution is 2.37. The maximum absolute atomic E-state index is 11.6. The van der Waals surface area contributed by atoms with E-state index in [0.29, 0.717) is 34.0 Å². The van der Waals surface area contributed by atoms with E-state index >= 15 is 0 Å². The Hall–Kier alpha value is -3.33. The number of carboxylic acids is 1. The van der Waals surface area contributed by atoms with Crippen LogP contribution in [0.1, 0.15) is 15.4 Å². The number of thiophene rings is 1. The molecule has 3 heterocycles. The molecule has 138 valence electrons. The average Bonchev–Trinajstić information content (AvgIpc) is 3.25. The van der Waals surface area contributed by atoms with Gasteiger partial charge < -0.3 is 19.9 Å². The summed E-state index contributed by atoms with van der Waals surface area (Å²) in [6.07, 6.45) is 0. The first-order valence-corrected chi connectivity index (χ1v) is 8.89. The number of pyridine rings is 1. The van der Waals surface area contributed by atoms with Crippen molar-refractivity contribution in [3.8, 4) is 11.5 Å². The number of carbonyl (C=O) groups is 1. The largest absolute Gasteiger partial charge is 0.493 e. The second-order valence-electron chi connectivity index (χ2n) is 5.86. The van der Waals surface area contributed by atoms with E-state index in [2.05, 4.69) is 20.5 Å². The summed E-state index contributed by atoms with van der Waals surface area (Å²) in [5.41, 5.74) is 2.65. The molecule has 8 nitrogen and oxygen atoms in total. The Morgan fingerprint density at radius 2 is 2.00 bits per heavy atom. The van der Waals surface area contributed by atoms with Crippen molar-refractivity contribution in [1.29, 1.82) is 0 Å². The van der Waals surface area contributed by atoms with Gasteiger partial charge in [-0.1, -0.05) is 0 Å². The van der Waals surface area contributed by atoms with Crippen LogP contribution in [0.2, 0.25) is 0 Å². The standard InChI is InChI=1S/C18H16N4O4S/c1-8-13-10-7-27-16(18(23)24)14(10)20-17(15(13)22-21-8)19-9-4-5-11(25-2)12(6-9)26-3/h4-7H,1-3H3,(H,19,20)(H,21,22)(H,23,24). The van der Waals surface area contributed by atoms with E-state index in [1.807, 2.05) is 13.0 Å². The molecule has 3 N–H and O–H groups in total. The fraction of sp³-hybridized carbons (Fsp3) is 0.167. The number of aromatic amines is 1. The number of aromatic carboxylic acids is 1. The molecule has 27 heavy (non-hydrogen) atoms. The minimum Gasteiger partial charge on any atom is -0.493 e. The number of H-pyrrole nitrogens is 1. The number of hydrogen-bond acceptors (Lipinski definition) is 7. The van der Waals surface area contributed by atoms with E-state index in [1.54, 1.807) is 31.7 Å². The van der Waals surface area contributed by atoms with Crippen molar-refractivity contribution in [2.45, 2.75) is 6.92 Å². The Bertz CT molecular complexity index is 1180. The number of nitrogens with zero attached hydrogens (tertiary/aromatic N) is 2. The highest BCUT2D eigenvalue weighted by Gasteiger charge is 2.20. The van der Waals surface area contributed by atoms with Gasteiger partial charge in [0.1, 0.15) is 10.4 Å². The lowest BCUT2D eigenvalue weighted by Gasteiger charge is -2.11. The molecule has 9 heteroatoms. The fourth-order valence-corrected chi connectivity index (χ4v) is 3.86. The van der Waals surface area contributed by atoms with E-state index in [9.17, 15) is 9.90 Å². The number of carboxylic acid groups (broad SMARTS) is 1. The molecule has 0 fully saturated rings. The van der Waals surface area contributed by atoms with Gasteiger partial charge in [-0.25, -0.2) is 9.78 Å². The Labute approximate surface area is 157 Å². The van der Waals surface area contributed by atoms with E-state index in [1.165, 1.54) is 0 Å². The second-order valence-corrected chi connectivity index (χ2v) is 6.74. The van der Waals surface area contributed by atoms with Gasteiger partial charge in [0.2, 0.25) is 0 Å². The first kappa shape index (κ1) is 17.1. The van der Waals surface area contributed by atoms with Gasteiger partial charge >= 0.3 is 5.97 Å². The number of methoxy groups -OCH3 is 2. The fourth-order valence-electron chi connectivity index (χ4n) is 3.02. The lowest BCUT2D eigenvalue weighted by Crippen LogP contribution is -1.99. The van der Waals surface area contributed by atoms with Crippen molar-refractivity contribution in [2.75, 3.05) is 19.5 Å². The van der Waals surface area contributed by atoms with Gasteiger partial charge in [-0.15, -0.1) is 11.3 Å². The van der Waals surface area contributed by atoms with Crippen LogP contribution in [0.4, 0.5) is 11.5 Å². The third kappa shape index (κ3) is 2.72. The number of benzene rings is 1. The Morgan fingerprint density at radius 1 is 1.22 bits per heavy atom. The number of fused-ring (bicyclic) bond motifs is 3. The molecule has 4 aromatic rings. The van der Waals surface area contributed by atoms with Crippen LogP contribution in [-0.4, -0.2) is 40.5 Å². The molecule has 3 aromatic heterocycles. The van der Waals surface area contributed by atoms with Crippen LogP contribution in [0, 0.1) is 6.92 Å². The molecule has 0 atom stereocenters. The summed E-state index contributed by atoms with van der Waals surface area (Å²) in [7, 11) is 3.13. The van der Waals surface area contributed by atoms with Gasteiger partial charge in [0.15, 0.2) is 17.3 Å². The number of rotatable bonds is 5. The van der Waals surface area contributed by atoms with E-state index in [0.717, 1.165) is 27.8 Å². The molecular formula is C18H16N4O4S. The number of ether oxygens (including phenoxy) is 2. The van der Waals surface area contributed by atoms with E-state index in [4.69, 9.17) is 9.47 Å². The molecule has 0 spiro atoms. The van der Waals surface area contributed by atoms with Crippen LogP contribution < -0.4 is 14.8 Å². The van der Waals surface area contributed by atoms with Crippen molar-refractivity contribution in [2.24, 2.45) is 0 Å². The third-order valence-corrected chi connectivity index (χ3v) is 5.23. The zero-order chi connectivity index (χ0) is 19.1. The first-order valence-electron chi connectivity index (χ1n) is 8.01. The zero-order valence-corrected chi connectivity index (χ0v) is 15.6. The molecule has 0 saturated heterocycles. The number of aryl methyl sites for hydroxylation is 1. The molecule has 0 bridgehead atoms. The van der Waals surface area contributed by atoms with Gasteiger partial charge in [-0.3, -0.25) is 5.10 Å². The predicted octanol–water partition coefficient (Wildman–Crippen LogP) is 3.94. The predicted molar refractivity (Wildman–Crippen MR) is 104 cm³/mol. The number of hydrogen-bond donors (Lipinski definition) is 3. The minimum atomic E-state index is -1.000. The molecule has 0 saturated carbocycles. The molecule has 0 unspecified atom stereocenters. The lowest BCUT2D eigenvalue weighted by molar-refractivity contribution is 0.0704.